The molecule has 0 bridgehead atoms. The molecule has 0 aliphatic rings. The Morgan fingerprint density at radius 3 is 0.240 bits per heavy atom. The average Bonchev–Trinajstić information content (AvgIpc) is 1.41. The monoisotopic (exact) mass is 732 g/mol. The molecule has 0 saturated carbocycles. The van der Waals surface area contributed by atoms with E-state index in [1.807, 2.05) is 0 Å². The number of rotatable bonds is 0. The van der Waals surface area contributed by atoms with Crippen molar-refractivity contribution in [3.05, 3.63) is 0 Å². The van der Waals surface area contributed by atoms with E-state index in [4.69, 9.17) is 50.4 Å². The van der Waals surface area contributed by atoms with E-state index in [-0.39, 0.29) is 90.6 Å². The first-order valence-electron chi connectivity index (χ1n) is 1.85. The summed E-state index contributed by atoms with van der Waals surface area (Å²) in [5, 5.41) is 0. The Morgan fingerprint density at radius 2 is 0.240 bits per heavy atom. The second-order valence-corrected chi connectivity index (χ2v) is 5.89. The fourth-order valence-electron chi connectivity index (χ4n) is 0. The minimum Gasteiger partial charge on any atom is -0.412 e. The number of hydrogen-bond acceptors (Lipinski definition) is 12. The van der Waals surface area contributed by atoms with Gasteiger partial charge in [0, 0.05) is 0 Å². The molecule has 0 amide bonds. The van der Waals surface area contributed by atoms with E-state index in [1.165, 1.54) is 0 Å². The fraction of sp³-hybridized carbons (Fsp3) is 0. The molecule has 0 aliphatic carbocycles. The molecular weight excluding hydrogens is 717 g/mol. The van der Waals surface area contributed by atoms with Gasteiger partial charge in [-0.25, -0.2) is 0 Å². The van der Waals surface area contributed by atoms with Crippen molar-refractivity contribution in [3.63, 3.8) is 0 Å². The first-order chi connectivity index (χ1) is 6.00. The molecule has 21 nitrogen and oxygen atoms in total. The summed E-state index contributed by atoms with van der Waals surface area (Å²) >= 11 is -16.9. The Balaban J connectivity index is -0.00000000655. The van der Waals surface area contributed by atoms with Crippen LogP contribution < -0.4 is 50.4 Å². The topological polar surface area (TPSA) is 560 Å². The van der Waals surface area contributed by atoms with E-state index in [0.717, 1.165) is 0 Å². The summed E-state index contributed by atoms with van der Waals surface area (Å²) in [5.41, 5.74) is 0. The summed E-state index contributed by atoms with van der Waals surface area (Å²) in [7, 11) is 0. The zero-order valence-electron chi connectivity index (χ0n) is 11.1. The van der Waals surface area contributed by atoms with Gasteiger partial charge in [-0.1, -0.05) is 0 Å². The largest absolute Gasteiger partial charge is 3.00 e. The van der Waals surface area contributed by atoms with Crippen LogP contribution in [0.4, 0.5) is 0 Å². The molecule has 0 rings (SSSR count). The third-order valence-corrected chi connectivity index (χ3v) is 0. The van der Waals surface area contributed by atoms with E-state index in [9.17, 15) is 0 Å². The molecule has 0 radical (unpaired) electrons. The minimum atomic E-state index is -5.62. The quantitative estimate of drug-likeness (QED) is 0.224. The molecule has 168 valence electrons. The van der Waals surface area contributed by atoms with Gasteiger partial charge in [0.15, 0.2) is 0 Å². The van der Waals surface area contributed by atoms with Gasteiger partial charge in [0.25, 0.3) is 0 Å². The Morgan fingerprint density at radius 1 is 0.240 bits per heavy atom. The normalized spacial score (nSPS) is 7.20. The molecule has 0 aromatic carbocycles. The fourth-order valence-corrected chi connectivity index (χ4v) is 0. The molecule has 18 N–H and O–H groups in total. The summed E-state index contributed by atoms with van der Waals surface area (Å²) in [6, 6.07) is 0. The number of halogens is 3. The van der Waals surface area contributed by atoms with Crippen molar-refractivity contribution in [1.82, 2.24) is 0 Å². The zero-order chi connectivity index (χ0) is 13.5. The second kappa shape index (κ2) is 40.6. The van der Waals surface area contributed by atoms with Gasteiger partial charge in [-0.3, -0.25) is 50.4 Å². The molecule has 0 atom stereocenters. The molecule has 25 heteroatoms. The van der Waals surface area contributed by atoms with Crippen molar-refractivity contribution in [2.45, 2.75) is 0 Å². The van der Waals surface area contributed by atoms with Crippen LogP contribution in [0.5, 0.6) is 0 Å². The molecule has 25 heavy (non-hydrogen) atoms. The smallest absolute Gasteiger partial charge is 0.412 e. The Bertz CT molecular complexity index is 94.2. The first kappa shape index (κ1) is 93.2. The van der Waals surface area contributed by atoms with E-state index in [0.29, 0.717) is 0 Å². The molecule has 0 aromatic rings. The van der Waals surface area contributed by atoms with E-state index in [1.54, 1.807) is 0 Å². The van der Waals surface area contributed by atoms with Gasteiger partial charge in [0.2, 0.25) is 0 Å². The maximum absolute atomic E-state index is 8.58. The maximum atomic E-state index is 8.58. The van der Waals surface area contributed by atoms with Gasteiger partial charge in [0.05, 0.1) is 42.3 Å². The number of hydrogen-bond donors (Lipinski definition) is 0. The van der Waals surface area contributed by atoms with Crippen LogP contribution in [0.15, 0.2) is 0 Å². The van der Waals surface area contributed by atoms with E-state index in [2.05, 4.69) is 0 Å². The summed E-state index contributed by atoms with van der Waals surface area (Å²) in [5.74, 6) is 0. The van der Waals surface area contributed by atoms with Crippen LogP contribution in [-0.2, 0) is 0 Å². The van der Waals surface area contributed by atoms with Gasteiger partial charge in [-0.05, 0) is 0 Å². The molecule has 0 aromatic heterocycles. The summed E-state index contributed by atoms with van der Waals surface area (Å²) in [4.78, 5) is 0. The van der Waals surface area contributed by atoms with Gasteiger partial charge in [-0.15, -0.1) is 0 Å². The third-order valence-electron chi connectivity index (χ3n) is 0. The van der Waals surface area contributed by atoms with Crippen LogP contribution in [-0.4, -0.2) is 49.3 Å². The van der Waals surface area contributed by atoms with Crippen molar-refractivity contribution in [1.29, 1.82) is 0 Å². The summed E-state index contributed by atoms with van der Waals surface area (Å²) in [6.07, 6.45) is 0. The molecule has 0 heterocycles. The summed E-state index contributed by atoms with van der Waals surface area (Å²) < 4.78 is 103. The molecule has 0 aliphatic heterocycles. The third kappa shape index (κ3) is 3870. The zero-order valence-corrected chi connectivity index (χ0v) is 19.6. The van der Waals surface area contributed by atoms with Crippen molar-refractivity contribution < 1.29 is 183 Å². The molecule has 0 saturated heterocycles. The van der Waals surface area contributed by atoms with Crippen LogP contribution in [0.3, 0.4) is 0 Å². The van der Waals surface area contributed by atoms with Gasteiger partial charge >= 0.3 is 41.3 Å². The van der Waals surface area contributed by atoms with Crippen LogP contribution in [0.2, 0.25) is 0 Å². The van der Waals surface area contributed by atoms with Gasteiger partial charge < -0.3 is 49.3 Å². The Labute approximate surface area is 181 Å². The molecule has 0 fully saturated rings. The predicted molar refractivity (Wildman–Crippen MR) is 32.5 cm³/mol. The molecular formula is H18Br3O21Pr. The predicted octanol–water partition coefficient (Wildman–Crippen LogP) is -21.7. The first-order valence-corrected chi connectivity index (χ1v) is 9.62. The minimum absolute atomic E-state index is 0. The Kier molecular flexibility index (Phi) is 151. The van der Waals surface area contributed by atoms with E-state index >= 15 is 0 Å². The SMILES string of the molecule is O.O.O.O.O.O.O.O.O.[O-][Br+3]([O-])([O-])[O-].[O-][Br+3]([O-])([O-])[O-].[O-][Br+3]([O-])([O-])[O-].[Pr+3]. The van der Waals surface area contributed by atoms with Crippen molar-refractivity contribution in [2.75, 3.05) is 0 Å². The van der Waals surface area contributed by atoms with Crippen LogP contribution in [0.25, 0.3) is 0 Å². The average molecular weight is 735 g/mol. The molecule has 0 unspecified atom stereocenters. The Hall–Kier alpha value is 1.96. The summed E-state index contributed by atoms with van der Waals surface area (Å²) in [6.45, 7) is 0. The van der Waals surface area contributed by atoms with Crippen molar-refractivity contribution >= 4 is 0 Å². The maximum Gasteiger partial charge on any atom is 3.00 e. The standard InChI is InChI=1S/3BrO4.9H2O.Pr/c3*2-1(3,4)5;;;;;;;;;;/h;;;9*1H2;/q3*-1;;;;;;;;;;+3. The van der Waals surface area contributed by atoms with Crippen molar-refractivity contribution in [3.8, 4) is 0 Å². The molecule has 0 spiro atoms. The van der Waals surface area contributed by atoms with Crippen LogP contribution in [0.1, 0.15) is 0 Å². The van der Waals surface area contributed by atoms with Crippen molar-refractivity contribution in [2.24, 2.45) is 0 Å². The second-order valence-electron chi connectivity index (χ2n) is 1.13. The van der Waals surface area contributed by atoms with Crippen LogP contribution in [0, 0.1) is 83.6 Å². The van der Waals surface area contributed by atoms with Crippen LogP contribution >= 0.6 is 0 Å². The van der Waals surface area contributed by atoms with E-state index < -0.39 is 42.3 Å². The van der Waals surface area contributed by atoms with Gasteiger partial charge in [0.1, 0.15) is 0 Å². The van der Waals surface area contributed by atoms with Gasteiger partial charge in [-0.2, -0.15) is 0 Å².